The van der Waals surface area contributed by atoms with Crippen molar-refractivity contribution in [3.8, 4) is 0 Å². The van der Waals surface area contributed by atoms with E-state index in [2.05, 4.69) is 26.4 Å². The molecule has 1 aromatic heterocycles. The normalized spacial score (nSPS) is 18.5. The fourth-order valence-corrected chi connectivity index (χ4v) is 4.94. The van der Waals surface area contributed by atoms with E-state index in [-0.39, 0.29) is 11.3 Å². The molecule has 2 saturated heterocycles. The van der Waals surface area contributed by atoms with Gasteiger partial charge in [0.05, 0.1) is 21.2 Å². The Labute approximate surface area is 172 Å². The first-order chi connectivity index (χ1) is 13.5. The number of anilines is 1. The maximum absolute atomic E-state index is 12.8. The Kier molecular flexibility index (Phi) is 4.21. The number of carbonyl (C=O) groups excluding carboxylic acids is 1. The van der Waals surface area contributed by atoms with Crippen LogP contribution in [0.2, 0.25) is 10.0 Å². The molecule has 143 valence electrons. The number of aromatic nitrogens is 3. The van der Waals surface area contributed by atoms with Crippen LogP contribution in [-0.4, -0.2) is 52.4 Å². The summed E-state index contributed by atoms with van der Waals surface area (Å²) in [7, 11) is 0. The number of piperidine rings is 1. The molecule has 1 radical (unpaired) electrons. The second-order valence-corrected chi connectivity index (χ2v) is 8.51. The van der Waals surface area contributed by atoms with Crippen LogP contribution in [0, 0.1) is 11.5 Å². The number of benzene rings is 2. The van der Waals surface area contributed by atoms with Crippen LogP contribution >= 0.6 is 23.2 Å². The van der Waals surface area contributed by atoms with Crippen LogP contribution < -0.4 is 4.90 Å². The lowest BCUT2D eigenvalue weighted by Gasteiger charge is -2.54. The zero-order valence-electron chi connectivity index (χ0n) is 15.1. The summed E-state index contributed by atoms with van der Waals surface area (Å²) in [6.07, 6.45) is 2.04. The number of H-pyrrole nitrogens is 1. The van der Waals surface area contributed by atoms with Gasteiger partial charge in [0.25, 0.3) is 5.91 Å². The lowest BCUT2D eigenvalue weighted by molar-refractivity contribution is -0.00783. The third kappa shape index (κ3) is 2.91. The molecule has 0 aliphatic carbocycles. The van der Waals surface area contributed by atoms with Crippen molar-refractivity contribution < 1.29 is 4.79 Å². The van der Waals surface area contributed by atoms with Crippen molar-refractivity contribution in [3.63, 3.8) is 0 Å². The van der Waals surface area contributed by atoms with Gasteiger partial charge in [0.2, 0.25) is 0 Å². The zero-order chi connectivity index (χ0) is 19.3. The minimum absolute atomic E-state index is 0.0580. The van der Waals surface area contributed by atoms with Gasteiger partial charge in [-0.3, -0.25) is 9.89 Å². The van der Waals surface area contributed by atoms with E-state index in [1.165, 1.54) is 0 Å². The molecule has 2 aromatic carbocycles. The van der Waals surface area contributed by atoms with Crippen molar-refractivity contribution in [1.82, 2.24) is 20.3 Å². The quantitative estimate of drug-likeness (QED) is 0.692. The Morgan fingerprint density at radius 3 is 2.57 bits per heavy atom. The highest BCUT2D eigenvalue weighted by atomic mass is 35.5. The number of halogens is 2. The number of likely N-dealkylation sites (tertiary alicyclic amines) is 1. The van der Waals surface area contributed by atoms with Crippen molar-refractivity contribution in [2.75, 3.05) is 31.1 Å². The SMILES string of the molecule is O=C(c1ccc2[nH]nnc2c1)N1CC2(CCN(c3c(Cl)c[c]cc3Cl)CC2)C1. The summed E-state index contributed by atoms with van der Waals surface area (Å²) in [5.74, 6) is 0.0580. The summed E-state index contributed by atoms with van der Waals surface area (Å²) in [4.78, 5) is 17.0. The zero-order valence-corrected chi connectivity index (χ0v) is 16.6. The third-order valence-corrected chi connectivity index (χ3v) is 6.50. The molecule has 1 amide bonds. The third-order valence-electron chi connectivity index (χ3n) is 5.93. The molecular formula is C20H18Cl2N5O. The molecule has 8 heteroatoms. The van der Waals surface area contributed by atoms with Gasteiger partial charge in [-0.15, -0.1) is 5.10 Å². The van der Waals surface area contributed by atoms with Gasteiger partial charge in [-0.25, -0.2) is 0 Å². The summed E-state index contributed by atoms with van der Waals surface area (Å²) in [5.41, 5.74) is 3.30. The first-order valence-electron chi connectivity index (χ1n) is 9.25. The monoisotopic (exact) mass is 414 g/mol. The summed E-state index contributed by atoms with van der Waals surface area (Å²) in [6, 6.07) is 11.9. The molecule has 1 spiro atoms. The van der Waals surface area contributed by atoms with Gasteiger partial charge in [0.1, 0.15) is 5.52 Å². The van der Waals surface area contributed by atoms with Gasteiger partial charge >= 0.3 is 0 Å². The van der Waals surface area contributed by atoms with E-state index in [9.17, 15) is 4.79 Å². The van der Waals surface area contributed by atoms with Gasteiger partial charge < -0.3 is 9.80 Å². The van der Waals surface area contributed by atoms with Crippen molar-refractivity contribution in [2.24, 2.45) is 5.41 Å². The highest BCUT2D eigenvalue weighted by molar-refractivity contribution is 6.39. The summed E-state index contributed by atoms with van der Waals surface area (Å²) in [5, 5.41) is 11.8. The molecule has 0 saturated carbocycles. The van der Waals surface area contributed by atoms with Crippen molar-refractivity contribution in [3.05, 3.63) is 52.0 Å². The predicted molar refractivity (Wildman–Crippen MR) is 109 cm³/mol. The summed E-state index contributed by atoms with van der Waals surface area (Å²) in [6.45, 7) is 3.36. The van der Waals surface area contributed by atoms with Crippen molar-refractivity contribution in [2.45, 2.75) is 12.8 Å². The lowest BCUT2D eigenvalue weighted by Crippen LogP contribution is -2.62. The van der Waals surface area contributed by atoms with E-state index in [4.69, 9.17) is 23.2 Å². The first kappa shape index (κ1) is 17.8. The van der Waals surface area contributed by atoms with E-state index in [1.54, 1.807) is 18.2 Å². The molecule has 2 aliphatic heterocycles. The van der Waals surface area contributed by atoms with Gasteiger partial charge in [-0.1, -0.05) is 28.4 Å². The summed E-state index contributed by atoms with van der Waals surface area (Å²) >= 11 is 12.7. The van der Waals surface area contributed by atoms with E-state index in [0.29, 0.717) is 21.1 Å². The van der Waals surface area contributed by atoms with Gasteiger partial charge in [-0.2, -0.15) is 0 Å². The molecule has 5 rings (SSSR count). The number of amides is 1. The molecule has 1 N–H and O–H groups in total. The van der Waals surface area contributed by atoms with E-state index in [0.717, 1.165) is 50.2 Å². The Hall–Kier alpha value is -2.31. The number of hydrogen-bond donors (Lipinski definition) is 1. The van der Waals surface area contributed by atoms with Gasteiger partial charge in [0, 0.05) is 37.2 Å². The standard InChI is InChI=1S/C20H18Cl2N5O/c21-14-2-1-3-15(22)18(14)26-8-6-20(7-9-26)11-27(12-20)19(28)13-4-5-16-17(10-13)24-25-23-16/h2-5,10H,6-9,11-12H2,(H,23,24,25). The number of rotatable bonds is 2. The van der Waals surface area contributed by atoms with Crippen LogP contribution in [0.3, 0.4) is 0 Å². The smallest absolute Gasteiger partial charge is 0.253 e. The van der Waals surface area contributed by atoms with Crippen LogP contribution in [0.25, 0.3) is 11.0 Å². The fraction of sp³-hybridized carbons (Fsp3) is 0.350. The van der Waals surface area contributed by atoms with Crippen LogP contribution in [0.5, 0.6) is 0 Å². The number of hydrogen-bond acceptors (Lipinski definition) is 4. The summed E-state index contributed by atoms with van der Waals surface area (Å²) < 4.78 is 0. The van der Waals surface area contributed by atoms with E-state index < -0.39 is 0 Å². The molecule has 0 atom stereocenters. The predicted octanol–water partition coefficient (Wildman–Crippen LogP) is 3.81. The molecule has 0 bridgehead atoms. The lowest BCUT2D eigenvalue weighted by atomic mass is 9.71. The molecular weight excluding hydrogens is 397 g/mol. The average Bonchev–Trinajstić information content (AvgIpc) is 3.14. The number of nitrogens with one attached hydrogen (secondary N) is 1. The number of fused-ring (bicyclic) bond motifs is 1. The minimum atomic E-state index is 0.0580. The maximum atomic E-state index is 12.8. The van der Waals surface area contributed by atoms with Gasteiger partial charge in [-0.05, 0) is 49.2 Å². The Morgan fingerprint density at radius 1 is 1.14 bits per heavy atom. The number of aromatic amines is 1. The number of carbonyl (C=O) groups is 1. The number of nitrogens with zero attached hydrogens (tertiary/aromatic N) is 4. The van der Waals surface area contributed by atoms with E-state index >= 15 is 0 Å². The second kappa shape index (κ2) is 6.64. The fourth-order valence-electron chi connectivity index (χ4n) is 4.33. The van der Waals surface area contributed by atoms with Crippen LogP contribution in [0.15, 0.2) is 30.3 Å². The van der Waals surface area contributed by atoms with Crippen LogP contribution in [0.1, 0.15) is 23.2 Å². The molecule has 3 aromatic rings. The molecule has 3 heterocycles. The van der Waals surface area contributed by atoms with Gasteiger partial charge in [0.15, 0.2) is 0 Å². The highest BCUT2D eigenvalue weighted by Gasteiger charge is 2.47. The molecule has 6 nitrogen and oxygen atoms in total. The Morgan fingerprint density at radius 2 is 1.86 bits per heavy atom. The highest BCUT2D eigenvalue weighted by Crippen LogP contribution is 2.44. The first-order valence-corrected chi connectivity index (χ1v) is 10.0. The molecule has 2 aliphatic rings. The molecule has 2 fully saturated rings. The topological polar surface area (TPSA) is 65.1 Å². The minimum Gasteiger partial charge on any atom is -0.369 e. The molecule has 28 heavy (non-hydrogen) atoms. The average molecular weight is 415 g/mol. The largest absolute Gasteiger partial charge is 0.369 e. The maximum Gasteiger partial charge on any atom is 0.253 e. The molecule has 0 unspecified atom stereocenters. The van der Waals surface area contributed by atoms with Crippen molar-refractivity contribution >= 4 is 45.8 Å². The van der Waals surface area contributed by atoms with Crippen LogP contribution in [0.4, 0.5) is 5.69 Å². The van der Waals surface area contributed by atoms with Crippen molar-refractivity contribution in [1.29, 1.82) is 0 Å². The Bertz CT molecular complexity index is 1030. The van der Waals surface area contributed by atoms with E-state index in [1.807, 2.05) is 17.0 Å². The van der Waals surface area contributed by atoms with Crippen LogP contribution in [-0.2, 0) is 0 Å². The Balaban J connectivity index is 1.24. The second-order valence-electron chi connectivity index (χ2n) is 7.69.